The van der Waals surface area contributed by atoms with Crippen molar-refractivity contribution >= 4 is 41.3 Å². The molecule has 1 aromatic carbocycles. The number of allylic oxidation sites excluding steroid dienone is 2. The molecule has 1 aromatic heterocycles. The zero-order chi connectivity index (χ0) is 22.2. The molecule has 0 amide bonds. The van der Waals surface area contributed by atoms with Crippen molar-refractivity contribution < 1.29 is 19.5 Å². The smallest absolute Gasteiger partial charge is 0.170 e. The standard InChI is InChI=1S/C23H24N2O4S2/c1-3-29-24-12-11-19(26)23-20(27)13-15(14-21(23)28)18-5-4-6-22(25-18)31-17-9-7-16(30-2)8-10-17/h4-10,12,15,26H,3,11,13-14H2,1-2H3. The van der Waals surface area contributed by atoms with Gasteiger partial charge in [0.05, 0.1) is 11.8 Å². The van der Waals surface area contributed by atoms with E-state index in [-0.39, 0.29) is 48.1 Å². The Hall–Kier alpha value is -2.58. The number of pyridine rings is 1. The fraction of sp³-hybridized carbons (Fsp3) is 0.304. The summed E-state index contributed by atoms with van der Waals surface area (Å²) in [7, 11) is 0. The van der Waals surface area contributed by atoms with Gasteiger partial charge in [-0.2, -0.15) is 0 Å². The van der Waals surface area contributed by atoms with Crippen LogP contribution in [0.25, 0.3) is 0 Å². The number of aliphatic hydroxyl groups is 1. The molecular weight excluding hydrogens is 432 g/mol. The first kappa shape index (κ1) is 23.1. The second kappa shape index (κ2) is 11.2. The van der Waals surface area contributed by atoms with Crippen LogP contribution in [0.5, 0.6) is 0 Å². The summed E-state index contributed by atoms with van der Waals surface area (Å²) >= 11 is 3.23. The highest BCUT2D eigenvalue weighted by Gasteiger charge is 2.34. The molecule has 0 radical (unpaired) electrons. The van der Waals surface area contributed by atoms with Crippen LogP contribution in [0.3, 0.4) is 0 Å². The van der Waals surface area contributed by atoms with Crippen LogP contribution >= 0.6 is 23.5 Å². The molecule has 6 nitrogen and oxygen atoms in total. The van der Waals surface area contributed by atoms with Crippen molar-refractivity contribution in [1.29, 1.82) is 0 Å². The number of aromatic nitrogens is 1. The monoisotopic (exact) mass is 456 g/mol. The van der Waals surface area contributed by atoms with Crippen LogP contribution in [-0.2, 0) is 14.4 Å². The summed E-state index contributed by atoms with van der Waals surface area (Å²) in [6, 6.07) is 13.9. The zero-order valence-electron chi connectivity index (χ0n) is 17.4. The van der Waals surface area contributed by atoms with Crippen molar-refractivity contribution in [1.82, 2.24) is 4.98 Å². The fourth-order valence-corrected chi connectivity index (χ4v) is 4.46. The zero-order valence-corrected chi connectivity index (χ0v) is 19.0. The third-order valence-electron chi connectivity index (χ3n) is 4.72. The summed E-state index contributed by atoms with van der Waals surface area (Å²) in [4.78, 5) is 37.0. The van der Waals surface area contributed by atoms with E-state index in [2.05, 4.69) is 22.3 Å². The first-order valence-electron chi connectivity index (χ1n) is 9.93. The Balaban J connectivity index is 1.71. The summed E-state index contributed by atoms with van der Waals surface area (Å²) in [5, 5.41) is 14.6. The largest absolute Gasteiger partial charge is 0.511 e. The minimum absolute atomic E-state index is 0.0167. The fourth-order valence-electron chi connectivity index (χ4n) is 3.24. The van der Waals surface area contributed by atoms with E-state index < -0.39 is 0 Å². The molecule has 1 saturated carbocycles. The third kappa shape index (κ3) is 6.21. The van der Waals surface area contributed by atoms with Gasteiger partial charge in [0.2, 0.25) is 0 Å². The molecule has 2 aromatic rings. The summed E-state index contributed by atoms with van der Waals surface area (Å²) in [6.45, 7) is 2.19. The van der Waals surface area contributed by atoms with Gasteiger partial charge in [-0.05, 0) is 49.6 Å². The van der Waals surface area contributed by atoms with Crippen LogP contribution < -0.4 is 0 Å². The predicted octanol–water partition coefficient (Wildman–Crippen LogP) is 5.19. The lowest BCUT2D eigenvalue weighted by Crippen LogP contribution is -2.27. The number of ketones is 2. The van der Waals surface area contributed by atoms with Crippen LogP contribution in [0.2, 0.25) is 0 Å². The number of aliphatic hydroxyl groups excluding tert-OH is 1. The topological polar surface area (TPSA) is 88.8 Å². The number of hydrogen-bond acceptors (Lipinski definition) is 8. The molecule has 0 spiro atoms. The number of nitrogens with zero attached hydrogens (tertiary/aromatic N) is 2. The summed E-state index contributed by atoms with van der Waals surface area (Å²) in [5.74, 6) is -1.29. The summed E-state index contributed by atoms with van der Waals surface area (Å²) in [6.07, 6.45) is 3.63. The number of thioether (sulfide) groups is 1. The van der Waals surface area contributed by atoms with Gasteiger partial charge in [0, 0.05) is 40.7 Å². The highest BCUT2D eigenvalue weighted by Crippen LogP contribution is 2.34. The van der Waals surface area contributed by atoms with Gasteiger partial charge >= 0.3 is 0 Å². The van der Waals surface area contributed by atoms with Crippen molar-refractivity contribution in [3.63, 3.8) is 0 Å². The average Bonchev–Trinajstić information content (AvgIpc) is 2.77. The molecule has 0 bridgehead atoms. The van der Waals surface area contributed by atoms with Gasteiger partial charge in [-0.15, -0.1) is 11.8 Å². The molecule has 1 aliphatic rings. The van der Waals surface area contributed by atoms with Gasteiger partial charge in [0.15, 0.2) is 11.6 Å². The molecule has 0 atom stereocenters. The van der Waals surface area contributed by atoms with Crippen molar-refractivity contribution in [3.05, 3.63) is 59.5 Å². The SMILES string of the molecule is CCON=CCC(O)=C1C(=O)CC(c2cccc(Sc3ccc(SC)cc3)n2)CC1=O. The molecule has 1 N–H and O–H groups in total. The number of carbonyl (C=O) groups excluding carboxylic acids is 2. The second-order valence-corrected chi connectivity index (χ2v) is 8.83. The van der Waals surface area contributed by atoms with Crippen molar-refractivity contribution in [3.8, 4) is 0 Å². The van der Waals surface area contributed by atoms with E-state index in [9.17, 15) is 14.7 Å². The van der Waals surface area contributed by atoms with E-state index in [0.29, 0.717) is 12.3 Å². The predicted molar refractivity (Wildman–Crippen MR) is 123 cm³/mol. The first-order valence-corrected chi connectivity index (χ1v) is 12.0. The van der Waals surface area contributed by atoms with Gasteiger partial charge in [-0.1, -0.05) is 23.0 Å². The molecule has 8 heteroatoms. The maximum Gasteiger partial charge on any atom is 0.170 e. The van der Waals surface area contributed by atoms with Crippen molar-refractivity contribution in [2.24, 2.45) is 5.16 Å². The van der Waals surface area contributed by atoms with Crippen molar-refractivity contribution in [2.45, 2.75) is 46.9 Å². The van der Waals surface area contributed by atoms with Crippen LogP contribution in [0, 0.1) is 0 Å². The minimum Gasteiger partial charge on any atom is -0.511 e. The van der Waals surface area contributed by atoms with E-state index in [1.807, 2.05) is 36.6 Å². The molecule has 0 unspecified atom stereocenters. The number of benzene rings is 1. The molecule has 1 fully saturated rings. The lowest BCUT2D eigenvalue weighted by molar-refractivity contribution is -0.124. The van der Waals surface area contributed by atoms with Crippen LogP contribution in [0.15, 0.2) is 73.8 Å². The number of oxime groups is 1. The van der Waals surface area contributed by atoms with Crippen LogP contribution in [-0.4, -0.2) is 40.7 Å². The maximum atomic E-state index is 12.6. The Bertz CT molecular complexity index is 983. The van der Waals surface area contributed by atoms with E-state index in [1.165, 1.54) is 22.9 Å². The Morgan fingerprint density at radius 1 is 1.16 bits per heavy atom. The molecule has 0 aliphatic heterocycles. The second-order valence-electron chi connectivity index (χ2n) is 6.86. The van der Waals surface area contributed by atoms with E-state index >= 15 is 0 Å². The van der Waals surface area contributed by atoms with E-state index in [0.717, 1.165) is 9.92 Å². The molecule has 162 valence electrons. The minimum atomic E-state index is -0.365. The number of Topliss-reactive ketones (excluding diaryl/α,β-unsaturated/α-hetero) is 2. The molecule has 1 heterocycles. The molecule has 1 aliphatic carbocycles. The molecule has 0 saturated heterocycles. The number of rotatable bonds is 8. The van der Waals surface area contributed by atoms with Gasteiger partial charge in [0.1, 0.15) is 17.4 Å². The quantitative estimate of drug-likeness (QED) is 0.146. The Labute approximate surface area is 190 Å². The van der Waals surface area contributed by atoms with E-state index in [4.69, 9.17) is 4.84 Å². The highest BCUT2D eigenvalue weighted by atomic mass is 32.2. The third-order valence-corrected chi connectivity index (χ3v) is 6.41. The average molecular weight is 457 g/mol. The normalized spacial score (nSPS) is 16.7. The molecule has 3 rings (SSSR count). The molecular formula is C23H24N2O4S2. The number of carbonyl (C=O) groups is 2. The number of hydrogen-bond donors (Lipinski definition) is 1. The van der Waals surface area contributed by atoms with Gasteiger partial charge < -0.3 is 9.94 Å². The Kier molecular flexibility index (Phi) is 8.31. The van der Waals surface area contributed by atoms with E-state index in [1.54, 1.807) is 18.7 Å². The van der Waals surface area contributed by atoms with Gasteiger partial charge in [0.25, 0.3) is 0 Å². The first-order chi connectivity index (χ1) is 15.0. The lowest BCUT2D eigenvalue weighted by atomic mass is 9.81. The van der Waals surface area contributed by atoms with Gasteiger partial charge in [-0.25, -0.2) is 4.98 Å². The summed E-state index contributed by atoms with van der Waals surface area (Å²) < 4.78 is 0. The van der Waals surface area contributed by atoms with Gasteiger partial charge in [-0.3, -0.25) is 9.59 Å². The lowest BCUT2D eigenvalue weighted by Gasteiger charge is -2.22. The highest BCUT2D eigenvalue weighted by molar-refractivity contribution is 7.99. The summed E-state index contributed by atoms with van der Waals surface area (Å²) in [5.41, 5.74) is 0.586. The maximum absolute atomic E-state index is 12.6. The van der Waals surface area contributed by atoms with Crippen LogP contribution in [0.1, 0.15) is 37.8 Å². The Morgan fingerprint density at radius 3 is 2.48 bits per heavy atom. The molecule has 31 heavy (non-hydrogen) atoms. The van der Waals surface area contributed by atoms with Crippen LogP contribution in [0.4, 0.5) is 0 Å². The Morgan fingerprint density at radius 2 is 1.84 bits per heavy atom. The van der Waals surface area contributed by atoms with Crippen molar-refractivity contribution in [2.75, 3.05) is 12.9 Å².